The molecule has 0 fully saturated rings. The Kier molecular flexibility index (Phi) is 56.1. The molecule has 3 atom stereocenters. The van der Waals surface area contributed by atoms with E-state index in [0.29, 0.717) is 17.4 Å². The second kappa shape index (κ2) is 57.6. The molecule has 0 aliphatic rings. The van der Waals surface area contributed by atoms with Crippen LogP contribution in [0.15, 0.2) is 72.9 Å². The van der Waals surface area contributed by atoms with E-state index in [1.54, 1.807) is 6.08 Å². The lowest BCUT2D eigenvalue weighted by Gasteiger charge is -2.29. The van der Waals surface area contributed by atoms with Gasteiger partial charge in [-0.05, 0) is 83.5 Å². The number of hydrogen-bond donors (Lipinski definition) is 2. The lowest BCUT2D eigenvalue weighted by Crippen LogP contribution is -2.45. The molecule has 0 saturated carbocycles. The Labute approximate surface area is 472 Å². The molecule has 0 heterocycles. The van der Waals surface area contributed by atoms with Gasteiger partial charge in [0, 0.05) is 6.42 Å². The third kappa shape index (κ3) is 59.6. The van der Waals surface area contributed by atoms with Crippen molar-refractivity contribution in [1.82, 2.24) is 5.32 Å². The average Bonchev–Trinajstić information content (AvgIpc) is 3.38. The number of rotatable bonds is 59. The lowest BCUT2D eigenvalue weighted by atomic mass is 10.0. The van der Waals surface area contributed by atoms with E-state index in [1.807, 2.05) is 27.2 Å². The number of nitrogens with one attached hydrogen (secondary N) is 1. The molecule has 0 rings (SSSR count). The molecule has 0 bridgehead atoms. The minimum atomic E-state index is -4.62. The summed E-state index contributed by atoms with van der Waals surface area (Å²) in [5, 5.41) is 13.9. The zero-order valence-electron chi connectivity index (χ0n) is 50.7. The van der Waals surface area contributed by atoms with E-state index in [2.05, 4.69) is 79.9 Å². The number of amides is 1. The maximum atomic E-state index is 13.0. The number of allylic oxidation sites excluding steroid dienone is 11. The average molecular weight is 1090 g/mol. The molecule has 0 aliphatic carbocycles. The number of nitrogens with zero attached hydrogens (tertiary/aromatic N) is 1. The van der Waals surface area contributed by atoms with E-state index in [0.717, 1.165) is 57.8 Å². The fourth-order valence-corrected chi connectivity index (χ4v) is 10.0. The molecule has 0 radical (unpaired) electrons. The maximum Gasteiger partial charge on any atom is 0.268 e. The Hall–Kier alpha value is -2.06. The van der Waals surface area contributed by atoms with Gasteiger partial charge in [-0.15, -0.1) is 0 Å². The number of quaternary nitrogens is 1. The molecule has 0 aromatic rings. The Bertz CT molecular complexity index is 1470. The smallest absolute Gasteiger partial charge is 0.268 e. The number of carbonyl (C=O) groups is 1. The van der Waals surface area contributed by atoms with Crippen LogP contribution >= 0.6 is 7.82 Å². The first-order chi connectivity index (χ1) is 37.0. The molecule has 9 heteroatoms. The van der Waals surface area contributed by atoms with Crippen LogP contribution in [0.5, 0.6) is 0 Å². The third-order valence-electron chi connectivity index (χ3n) is 14.4. The minimum absolute atomic E-state index is 0.0105. The number of unbranched alkanes of at least 4 members (excludes halogenated alkanes) is 36. The fraction of sp³-hybridized carbons (Fsp3) is 0.806. The van der Waals surface area contributed by atoms with Gasteiger partial charge in [-0.3, -0.25) is 9.36 Å². The quantitative estimate of drug-likeness (QED) is 0.0272. The summed E-state index contributed by atoms with van der Waals surface area (Å²) in [7, 11) is 1.24. The Morgan fingerprint density at radius 1 is 0.461 bits per heavy atom. The van der Waals surface area contributed by atoms with E-state index in [1.165, 1.54) is 218 Å². The van der Waals surface area contributed by atoms with Crippen molar-refractivity contribution >= 4 is 13.7 Å². The highest BCUT2D eigenvalue weighted by Gasteiger charge is 2.23. The summed E-state index contributed by atoms with van der Waals surface area (Å²) in [4.78, 5) is 25.6. The van der Waals surface area contributed by atoms with Gasteiger partial charge in [-0.2, -0.15) is 0 Å². The highest BCUT2D eigenvalue weighted by molar-refractivity contribution is 7.45. The standard InChI is InChI=1S/C67H125N2O6P/c1-6-8-10-12-14-16-18-20-22-24-26-28-30-31-32-33-34-35-36-37-39-41-43-45-47-49-51-53-55-57-59-61-67(71)68-65(64-75-76(72,73)74-63-62-69(3,4)5)66(70)60-58-56-54-52-50-48-46-44-42-40-38-29-27-25-23-21-19-17-15-13-11-9-7-2/h18,20,24,26,30-31,42,44,50,52,58,60,65-66,70H,6-17,19,21-23,25,27-29,32-41,43,45-49,51,53-57,59,61-64H2,1-5H3,(H-,68,71,72,73)/b20-18-,26-24-,31-30-,44-42+,52-50+,60-58+. The Balaban J connectivity index is 4.17. The molecule has 8 nitrogen and oxygen atoms in total. The summed E-state index contributed by atoms with van der Waals surface area (Å²) in [6.07, 6.45) is 80.0. The molecular weight excluding hydrogens is 960 g/mol. The first-order valence-corrected chi connectivity index (χ1v) is 33.8. The van der Waals surface area contributed by atoms with Crippen LogP contribution in [0, 0.1) is 0 Å². The largest absolute Gasteiger partial charge is 0.756 e. The number of aliphatic hydroxyl groups excluding tert-OH is 1. The van der Waals surface area contributed by atoms with Crippen LogP contribution in [-0.2, 0) is 18.4 Å². The monoisotopic (exact) mass is 1080 g/mol. The van der Waals surface area contributed by atoms with Gasteiger partial charge in [0.15, 0.2) is 0 Å². The number of carbonyl (C=O) groups excluding carboxylic acids is 1. The summed E-state index contributed by atoms with van der Waals surface area (Å²) < 4.78 is 23.4. The molecule has 0 spiro atoms. The molecule has 0 aliphatic heterocycles. The molecule has 0 saturated heterocycles. The van der Waals surface area contributed by atoms with E-state index in [-0.39, 0.29) is 12.5 Å². The van der Waals surface area contributed by atoms with Crippen molar-refractivity contribution in [2.75, 3.05) is 40.9 Å². The molecule has 0 aromatic heterocycles. The van der Waals surface area contributed by atoms with Gasteiger partial charge in [0.2, 0.25) is 5.91 Å². The van der Waals surface area contributed by atoms with Crippen molar-refractivity contribution in [3.05, 3.63) is 72.9 Å². The van der Waals surface area contributed by atoms with Crippen LogP contribution in [0.3, 0.4) is 0 Å². The van der Waals surface area contributed by atoms with Crippen molar-refractivity contribution in [3.63, 3.8) is 0 Å². The molecule has 76 heavy (non-hydrogen) atoms. The van der Waals surface area contributed by atoms with Crippen LogP contribution < -0.4 is 10.2 Å². The Morgan fingerprint density at radius 2 is 0.776 bits per heavy atom. The minimum Gasteiger partial charge on any atom is -0.756 e. The number of likely N-dealkylation sites (N-methyl/N-ethyl adjacent to an activating group) is 1. The molecule has 3 unspecified atom stereocenters. The second-order valence-corrected chi connectivity index (χ2v) is 24.5. The van der Waals surface area contributed by atoms with Crippen molar-refractivity contribution < 1.29 is 32.9 Å². The van der Waals surface area contributed by atoms with Crippen LogP contribution in [0.25, 0.3) is 0 Å². The predicted molar refractivity (Wildman–Crippen MR) is 330 cm³/mol. The lowest BCUT2D eigenvalue weighted by molar-refractivity contribution is -0.870. The van der Waals surface area contributed by atoms with Gasteiger partial charge in [-0.25, -0.2) is 0 Å². The topological polar surface area (TPSA) is 108 Å². The normalized spacial score (nSPS) is 14.2. The third-order valence-corrected chi connectivity index (χ3v) is 15.3. The maximum absolute atomic E-state index is 13.0. The van der Waals surface area contributed by atoms with Gasteiger partial charge in [-0.1, -0.05) is 279 Å². The van der Waals surface area contributed by atoms with Gasteiger partial charge >= 0.3 is 0 Å². The Morgan fingerprint density at radius 3 is 1.16 bits per heavy atom. The van der Waals surface area contributed by atoms with Gasteiger partial charge in [0.05, 0.1) is 39.9 Å². The first-order valence-electron chi connectivity index (χ1n) is 32.3. The molecule has 444 valence electrons. The van der Waals surface area contributed by atoms with E-state index in [9.17, 15) is 19.4 Å². The molecule has 0 aromatic carbocycles. The number of aliphatic hydroxyl groups is 1. The van der Waals surface area contributed by atoms with Crippen molar-refractivity contribution in [2.24, 2.45) is 0 Å². The van der Waals surface area contributed by atoms with Crippen LogP contribution in [0.4, 0.5) is 0 Å². The van der Waals surface area contributed by atoms with Gasteiger partial charge in [0.1, 0.15) is 13.2 Å². The van der Waals surface area contributed by atoms with E-state index >= 15 is 0 Å². The molecule has 1 amide bonds. The van der Waals surface area contributed by atoms with Crippen molar-refractivity contribution in [1.29, 1.82) is 0 Å². The summed E-state index contributed by atoms with van der Waals surface area (Å²) in [6.45, 7) is 4.64. The van der Waals surface area contributed by atoms with Crippen LogP contribution in [0.2, 0.25) is 0 Å². The summed E-state index contributed by atoms with van der Waals surface area (Å²) >= 11 is 0. The molecular formula is C67H125N2O6P. The van der Waals surface area contributed by atoms with E-state index in [4.69, 9.17) is 9.05 Å². The van der Waals surface area contributed by atoms with Crippen LogP contribution in [-0.4, -0.2) is 68.5 Å². The SMILES string of the molecule is CCCCCCC/C=C\C/C=C\C/C=C\CCCCCCCCCCCCCCCCCCC(=O)NC(COP(=O)([O-])OCC[N+](C)(C)C)C(O)/C=C/CC/C=C/CC/C=C/CCCCCCCCCCCCCCC. The van der Waals surface area contributed by atoms with Crippen molar-refractivity contribution in [3.8, 4) is 0 Å². The predicted octanol–water partition coefficient (Wildman–Crippen LogP) is 19.6. The van der Waals surface area contributed by atoms with Crippen molar-refractivity contribution in [2.45, 2.75) is 309 Å². The summed E-state index contributed by atoms with van der Waals surface area (Å²) in [6, 6.07) is -0.914. The number of phosphoric acid groups is 1. The number of hydrogen-bond acceptors (Lipinski definition) is 6. The van der Waals surface area contributed by atoms with Gasteiger partial charge < -0.3 is 28.8 Å². The highest BCUT2D eigenvalue weighted by atomic mass is 31.2. The van der Waals surface area contributed by atoms with E-state index < -0.39 is 26.6 Å². The zero-order valence-corrected chi connectivity index (χ0v) is 51.6. The summed E-state index contributed by atoms with van der Waals surface area (Å²) in [5.41, 5.74) is 0. The highest BCUT2D eigenvalue weighted by Crippen LogP contribution is 2.38. The van der Waals surface area contributed by atoms with Crippen LogP contribution in [0.1, 0.15) is 296 Å². The second-order valence-electron chi connectivity index (χ2n) is 23.1. The van der Waals surface area contributed by atoms with Gasteiger partial charge in [0.25, 0.3) is 7.82 Å². The fourth-order valence-electron chi connectivity index (χ4n) is 9.31. The number of phosphoric ester groups is 1. The first kappa shape index (κ1) is 73.9. The molecule has 2 N–H and O–H groups in total. The zero-order chi connectivity index (χ0) is 55.6. The summed E-state index contributed by atoms with van der Waals surface area (Å²) in [5.74, 6) is -0.210.